The van der Waals surface area contributed by atoms with Crippen LogP contribution in [0.4, 0.5) is 5.82 Å². The molecule has 0 saturated carbocycles. The van der Waals surface area contributed by atoms with Crippen molar-refractivity contribution in [1.82, 2.24) is 9.97 Å². The van der Waals surface area contributed by atoms with Gasteiger partial charge in [0.2, 0.25) is 0 Å². The zero-order valence-corrected chi connectivity index (χ0v) is 13.0. The largest absolute Gasteiger partial charge is 0.261 e. The molecule has 106 valence electrons. The van der Waals surface area contributed by atoms with E-state index in [1.165, 1.54) is 0 Å². The number of rotatable bonds is 3. The number of aryl methyl sites for hydroxylation is 2. The summed E-state index contributed by atoms with van der Waals surface area (Å²) < 4.78 is 17.2. The van der Waals surface area contributed by atoms with Crippen LogP contribution in [-0.2, 0) is 9.73 Å². The van der Waals surface area contributed by atoms with E-state index in [9.17, 15) is 4.21 Å². The van der Waals surface area contributed by atoms with Gasteiger partial charge in [0.1, 0.15) is 0 Å². The summed E-state index contributed by atoms with van der Waals surface area (Å²) in [6, 6.07) is 7.64. The second-order valence-corrected chi connectivity index (χ2v) is 7.58. The second-order valence-electron chi connectivity index (χ2n) is 4.97. The molecule has 2 heterocycles. The molecule has 20 heavy (non-hydrogen) atoms. The SMILES string of the molecule is Cc1ccc(C(C)S(C)(=O)=Nc2ncccc2C)cn1. The van der Waals surface area contributed by atoms with Crippen molar-refractivity contribution in [2.75, 3.05) is 6.26 Å². The Morgan fingerprint density at radius 3 is 2.55 bits per heavy atom. The fourth-order valence-corrected chi connectivity index (χ4v) is 3.13. The number of hydrogen-bond acceptors (Lipinski definition) is 4. The molecular weight excluding hydrogens is 270 g/mol. The van der Waals surface area contributed by atoms with E-state index in [0.717, 1.165) is 16.8 Å². The van der Waals surface area contributed by atoms with Crippen molar-refractivity contribution in [2.24, 2.45) is 4.36 Å². The first kappa shape index (κ1) is 14.7. The molecule has 0 aromatic carbocycles. The van der Waals surface area contributed by atoms with Gasteiger partial charge in [-0.2, -0.15) is 4.36 Å². The Kier molecular flexibility index (Phi) is 4.18. The molecule has 0 N–H and O–H groups in total. The highest BCUT2D eigenvalue weighted by molar-refractivity contribution is 7.93. The molecule has 0 saturated heterocycles. The first-order chi connectivity index (χ1) is 9.40. The predicted octanol–water partition coefficient (Wildman–Crippen LogP) is 3.58. The molecule has 0 bridgehead atoms. The maximum Gasteiger partial charge on any atom is 0.164 e. The summed E-state index contributed by atoms with van der Waals surface area (Å²) in [5, 5.41) is -0.197. The van der Waals surface area contributed by atoms with Crippen molar-refractivity contribution < 1.29 is 4.21 Å². The van der Waals surface area contributed by atoms with Crippen LogP contribution in [0.5, 0.6) is 0 Å². The van der Waals surface area contributed by atoms with Gasteiger partial charge in [0.05, 0.1) is 15.0 Å². The van der Waals surface area contributed by atoms with E-state index < -0.39 is 9.73 Å². The number of aromatic nitrogens is 2. The van der Waals surface area contributed by atoms with Gasteiger partial charge < -0.3 is 0 Å². The van der Waals surface area contributed by atoms with Crippen LogP contribution in [0.1, 0.15) is 29.0 Å². The highest BCUT2D eigenvalue weighted by atomic mass is 32.2. The Labute approximate surface area is 120 Å². The summed E-state index contributed by atoms with van der Waals surface area (Å²) in [4.78, 5) is 8.45. The maximum absolute atomic E-state index is 12.9. The Hall–Kier alpha value is -1.75. The molecule has 0 aliphatic carbocycles. The molecule has 0 spiro atoms. The molecule has 5 heteroatoms. The molecule has 0 aliphatic heterocycles. The predicted molar refractivity (Wildman–Crippen MR) is 82.5 cm³/mol. The minimum atomic E-state index is -2.43. The van der Waals surface area contributed by atoms with Crippen LogP contribution < -0.4 is 0 Å². The zero-order chi connectivity index (χ0) is 14.8. The molecule has 0 amide bonds. The minimum Gasteiger partial charge on any atom is -0.261 e. The normalized spacial score (nSPS) is 15.4. The van der Waals surface area contributed by atoms with E-state index in [1.807, 2.05) is 45.0 Å². The monoisotopic (exact) mass is 289 g/mol. The van der Waals surface area contributed by atoms with Crippen molar-refractivity contribution in [3.63, 3.8) is 0 Å². The van der Waals surface area contributed by atoms with Crippen molar-refractivity contribution in [3.8, 4) is 0 Å². The smallest absolute Gasteiger partial charge is 0.164 e. The van der Waals surface area contributed by atoms with Crippen LogP contribution in [0.15, 0.2) is 41.0 Å². The van der Waals surface area contributed by atoms with E-state index in [0.29, 0.717) is 5.82 Å². The Bertz CT molecular complexity index is 716. The van der Waals surface area contributed by atoms with Gasteiger partial charge in [0.25, 0.3) is 0 Å². The number of nitrogens with zero attached hydrogens (tertiary/aromatic N) is 3. The van der Waals surface area contributed by atoms with Gasteiger partial charge >= 0.3 is 0 Å². The van der Waals surface area contributed by atoms with Crippen LogP contribution in [-0.4, -0.2) is 20.4 Å². The molecular formula is C15H19N3OS. The quantitative estimate of drug-likeness (QED) is 0.867. The summed E-state index contributed by atoms with van der Waals surface area (Å²) in [7, 11) is -2.43. The van der Waals surface area contributed by atoms with Crippen molar-refractivity contribution in [1.29, 1.82) is 0 Å². The summed E-state index contributed by atoms with van der Waals surface area (Å²) in [5.74, 6) is 0.548. The van der Waals surface area contributed by atoms with E-state index >= 15 is 0 Å². The van der Waals surface area contributed by atoms with Gasteiger partial charge in [-0.1, -0.05) is 12.1 Å². The Morgan fingerprint density at radius 2 is 1.95 bits per heavy atom. The Balaban J connectivity index is 2.42. The molecule has 0 fully saturated rings. The van der Waals surface area contributed by atoms with Gasteiger partial charge in [-0.3, -0.25) is 4.98 Å². The topological polar surface area (TPSA) is 55.2 Å². The summed E-state index contributed by atoms with van der Waals surface area (Å²) in [6.45, 7) is 5.76. The van der Waals surface area contributed by atoms with Crippen LogP contribution >= 0.6 is 0 Å². The molecule has 2 aromatic rings. The van der Waals surface area contributed by atoms with Gasteiger partial charge in [0.15, 0.2) is 5.82 Å². The fraction of sp³-hybridized carbons (Fsp3) is 0.333. The third-order valence-electron chi connectivity index (χ3n) is 3.31. The summed E-state index contributed by atoms with van der Waals surface area (Å²) in [5.41, 5.74) is 2.80. The lowest BCUT2D eigenvalue weighted by Gasteiger charge is -2.14. The van der Waals surface area contributed by atoms with Crippen molar-refractivity contribution in [3.05, 3.63) is 53.5 Å². The number of hydrogen-bond donors (Lipinski definition) is 0. The standard InChI is InChI=1S/C15H19N3OS/c1-11-6-5-9-16-15(11)18-20(4,19)13(3)14-8-7-12(2)17-10-14/h5-10,13H,1-4H3. The molecule has 0 aliphatic rings. The van der Waals surface area contributed by atoms with Gasteiger partial charge in [-0.15, -0.1) is 0 Å². The average molecular weight is 289 g/mol. The third kappa shape index (κ3) is 3.22. The average Bonchev–Trinajstić information content (AvgIpc) is 2.41. The van der Waals surface area contributed by atoms with E-state index in [1.54, 1.807) is 18.6 Å². The van der Waals surface area contributed by atoms with Crippen LogP contribution in [0.25, 0.3) is 0 Å². The van der Waals surface area contributed by atoms with E-state index in [4.69, 9.17) is 0 Å². The van der Waals surface area contributed by atoms with Crippen LogP contribution in [0, 0.1) is 13.8 Å². The van der Waals surface area contributed by atoms with Gasteiger partial charge in [-0.25, -0.2) is 9.19 Å². The maximum atomic E-state index is 12.9. The van der Waals surface area contributed by atoms with Gasteiger partial charge in [0, 0.05) is 24.3 Å². The fourth-order valence-electron chi connectivity index (χ4n) is 1.80. The molecule has 0 radical (unpaired) electrons. The van der Waals surface area contributed by atoms with E-state index in [2.05, 4.69) is 14.3 Å². The minimum absolute atomic E-state index is 0.197. The summed E-state index contributed by atoms with van der Waals surface area (Å²) in [6.07, 6.45) is 5.11. The van der Waals surface area contributed by atoms with Crippen LogP contribution in [0.3, 0.4) is 0 Å². The van der Waals surface area contributed by atoms with E-state index in [-0.39, 0.29) is 5.25 Å². The molecule has 2 aromatic heterocycles. The lowest BCUT2D eigenvalue weighted by atomic mass is 10.2. The van der Waals surface area contributed by atoms with Gasteiger partial charge in [-0.05, 0) is 44.0 Å². The van der Waals surface area contributed by atoms with Crippen molar-refractivity contribution >= 4 is 15.5 Å². The Morgan fingerprint density at radius 1 is 1.20 bits per heavy atom. The number of pyridine rings is 2. The highest BCUT2D eigenvalue weighted by Crippen LogP contribution is 2.26. The first-order valence-electron chi connectivity index (χ1n) is 6.45. The van der Waals surface area contributed by atoms with Crippen molar-refractivity contribution in [2.45, 2.75) is 26.0 Å². The lowest BCUT2D eigenvalue weighted by molar-refractivity contribution is 0.673. The summed E-state index contributed by atoms with van der Waals surface area (Å²) >= 11 is 0. The second kappa shape index (κ2) is 5.71. The molecule has 2 rings (SSSR count). The lowest BCUT2D eigenvalue weighted by Crippen LogP contribution is -2.08. The molecule has 2 unspecified atom stereocenters. The first-order valence-corrected chi connectivity index (χ1v) is 8.44. The molecule has 4 nitrogen and oxygen atoms in total. The van der Waals surface area contributed by atoms with Crippen LogP contribution in [0.2, 0.25) is 0 Å². The highest BCUT2D eigenvalue weighted by Gasteiger charge is 2.17. The zero-order valence-electron chi connectivity index (χ0n) is 12.2. The third-order valence-corrected chi connectivity index (χ3v) is 5.43. The molecule has 2 atom stereocenters.